The summed E-state index contributed by atoms with van der Waals surface area (Å²) in [5.74, 6) is 0.606. The lowest BCUT2D eigenvalue weighted by Crippen LogP contribution is -2.32. The van der Waals surface area contributed by atoms with Gasteiger partial charge in [-0.1, -0.05) is 18.2 Å². The summed E-state index contributed by atoms with van der Waals surface area (Å²) in [6, 6.07) is 12.8. The van der Waals surface area contributed by atoms with Gasteiger partial charge in [0.2, 0.25) is 10.0 Å². The van der Waals surface area contributed by atoms with Crippen molar-refractivity contribution < 1.29 is 21.6 Å². The fourth-order valence-corrected chi connectivity index (χ4v) is 6.53. The lowest BCUT2D eigenvalue weighted by Gasteiger charge is -2.18. The highest BCUT2D eigenvalue weighted by atomic mass is 32.2. The molecule has 140 valence electrons. The molecule has 0 bridgehead atoms. The van der Waals surface area contributed by atoms with Gasteiger partial charge in [0.1, 0.15) is 5.75 Å². The summed E-state index contributed by atoms with van der Waals surface area (Å²) in [5, 5.41) is -0.737. The molecule has 0 saturated carbocycles. The minimum Gasteiger partial charge on any atom is -0.496 e. The van der Waals surface area contributed by atoms with Gasteiger partial charge in [-0.05, 0) is 49.2 Å². The zero-order valence-electron chi connectivity index (χ0n) is 14.6. The summed E-state index contributed by atoms with van der Waals surface area (Å²) in [6.45, 7) is 1.92. The normalized spacial score (nSPS) is 18.8. The Labute approximate surface area is 154 Å². The molecule has 1 atom stereocenters. The van der Waals surface area contributed by atoms with E-state index >= 15 is 0 Å². The third-order valence-corrected chi connectivity index (χ3v) is 8.68. The van der Waals surface area contributed by atoms with Gasteiger partial charge in [-0.15, -0.1) is 0 Å². The van der Waals surface area contributed by atoms with Crippen molar-refractivity contribution >= 4 is 19.9 Å². The number of sulfone groups is 1. The number of aryl methyl sites for hydroxylation is 1. The molecule has 0 amide bonds. The minimum absolute atomic E-state index is 0.0371. The van der Waals surface area contributed by atoms with Crippen LogP contribution in [0.4, 0.5) is 0 Å². The Morgan fingerprint density at radius 1 is 1.00 bits per heavy atom. The Bertz CT molecular complexity index is 1000. The van der Waals surface area contributed by atoms with Crippen molar-refractivity contribution in [3.05, 3.63) is 54.1 Å². The van der Waals surface area contributed by atoms with Crippen LogP contribution in [0.5, 0.6) is 5.75 Å². The van der Waals surface area contributed by atoms with E-state index in [1.54, 1.807) is 49.4 Å². The molecule has 8 heteroatoms. The number of methoxy groups -OCH3 is 1. The van der Waals surface area contributed by atoms with E-state index in [4.69, 9.17) is 4.74 Å². The van der Waals surface area contributed by atoms with Gasteiger partial charge >= 0.3 is 0 Å². The second-order valence-electron chi connectivity index (χ2n) is 6.26. The van der Waals surface area contributed by atoms with Crippen LogP contribution in [0.2, 0.25) is 0 Å². The molecule has 2 aromatic carbocycles. The highest BCUT2D eigenvalue weighted by Gasteiger charge is 2.39. The molecule has 2 aromatic rings. The Kier molecular flexibility index (Phi) is 5.09. The van der Waals surface area contributed by atoms with E-state index < -0.39 is 25.1 Å². The summed E-state index contributed by atoms with van der Waals surface area (Å²) in [5.41, 5.74) is 0.709. The van der Waals surface area contributed by atoms with Crippen molar-refractivity contribution in [2.45, 2.75) is 28.4 Å². The molecule has 1 unspecified atom stereocenters. The van der Waals surface area contributed by atoms with Crippen LogP contribution in [-0.4, -0.2) is 46.6 Å². The van der Waals surface area contributed by atoms with E-state index in [1.807, 2.05) is 0 Å². The molecule has 3 rings (SSSR count). The third kappa shape index (κ3) is 3.36. The molecular weight excluding hydrogens is 374 g/mol. The highest BCUT2D eigenvalue weighted by Crippen LogP contribution is 2.29. The Balaban J connectivity index is 1.85. The first-order chi connectivity index (χ1) is 12.3. The number of sulfonamides is 1. The molecule has 6 nitrogen and oxygen atoms in total. The van der Waals surface area contributed by atoms with E-state index in [9.17, 15) is 16.8 Å². The summed E-state index contributed by atoms with van der Waals surface area (Å²) in [7, 11) is -5.78. The molecule has 1 aliphatic heterocycles. The quantitative estimate of drug-likeness (QED) is 0.776. The Morgan fingerprint density at radius 2 is 1.69 bits per heavy atom. The summed E-state index contributed by atoms with van der Waals surface area (Å²) < 4.78 is 57.7. The van der Waals surface area contributed by atoms with Crippen LogP contribution in [-0.2, 0) is 19.9 Å². The number of hydrogen-bond acceptors (Lipinski definition) is 5. The standard InChI is InChI=1S/C18H21NO5S2/c1-14-12-16(8-9-18(14)24-2)26(22,23)19-11-10-17(13-19)25(20,21)15-6-4-3-5-7-15/h3-9,12,17H,10-11,13H2,1-2H3. The molecule has 1 heterocycles. The third-order valence-electron chi connectivity index (χ3n) is 4.62. The molecule has 0 spiro atoms. The van der Waals surface area contributed by atoms with Crippen LogP contribution in [0.15, 0.2) is 58.3 Å². The number of ether oxygens (including phenoxy) is 1. The van der Waals surface area contributed by atoms with Crippen LogP contribution in [0.25, 0.3) is 0 Å². The number of rotatable bonds is 5. The van der Waals surface area contributed by atoms with Crippen LogP contribution in [0, 0.1) is 6.92 Å². The molecular formula is C18H21NO5S2. The lowest BCUT2D eigenvalue weighted by atomic mass is 10.2. The van der Waals surface area contributed by atoms with E-state index in [0.29, 0.717) is 11.3 Å². The van der Waals surface area contributed by atoms with Gasteiger partial charge in [0.25, 0.3) is 0 Å². The maximum absolute atomic E-state index is 12.9. The Hall–Kier alpha value is -1.90. The van der Waals surface area contributed by atoms with Gasteiger partial charge in [-0.25, -0.2) is 16.8 Å². The number of nitrogens with zero attached hydrogens (tertiary/aromatic N) is 1. The lowest BCUT2D eigenvalue weighted by molar-refractivity contribution is 0.411. The molecule has 0 N–H and O–H groups in total. The predicted molar refractivity (Wildman–Crippen MR) is 98.5 cm³/mol. The van der Waals surface area contributed by atoms with E-state index in [-0.39, 0.29) is 29.3 Å². The van der Waals surface area contributed by atoms with E-state index in [2.05, 4.69) is 0 Å². The molecule has 1 aliphatic rings. The van der Waals surface area contributed by atoms with Gasteiger partial charge in [-0.2, -0.15) is 4.31 Å². The molecule has 0 aliphatic carbocycles. The zero-order valence-corrected chi connectivity index (χ0v) is 16.3. The zero-order chi connectivity index (χ0) is 18.9. The van der Waals surface area contributed by atoms with Crippen molar-refractivity contribution in [3.63, 3.8) is 0 Å². The number of benzene rings is 2. The van der Waals surface area contributed by atoms with Crippen molar-refractivity contribution in [1.29, 1.82) is 0 Å². The molecule has 0 aromatic heterocycles. The SMILES string of the molecule is COc1ccc(S(=O)(=O)N2CCC(S(=O)(=O)c3ccccc3)C2)cc1C. The topological polar surface area (TPSA) is 80.8 Å². The molecule has 26 heavy (non-hydrogen) atoms. The van der Waals surface area contributed by atoms with Crippen molar-refractivity contribution in [2.24, 2.45) is 0 Å². The van der Waals surface area contributed by atoms with Crippen molar-refractivity contribution in [3.8, 4) is 5.75 Å². The molecule has 0 radical (unpaired) electrons. The van der Waals surface area contributed by atoms with Gasteiger partial charge in [-0.3, -0.25) is 0 Å². The fraction of sp³-hybridized carbons (Fsp3) is 0.333. The van der Waals surface area contributed by atoms with Crippen molar-refractivity contribution in [1.82, 2.24) is 4.31 Å². The summed E-state index contributed by atoms with van der Waals surface area (Å²) >= 11 is 0. The van der Waals surface area contributed by atoms with Gasteiger partial charge < -0.3 is 4.74 Å². The second-order valence-corrected chi connectivity index (χ2v) is 10.4. The smallest absolute Gasteiger partial charge is 0.243 e. The van der Waals surface area contributed by atoms with Crippen molar-refractivity contribution in [2.75, 3.05) is 20.2 Å². The monoisotopic (exact) mass is 395 g/mol. The van der Waals surface area contributed by atoms with Crippen LogP contribution >= 0.6 is 0 Å². The van der Waals surface area contributed by atoms with Gasteiger partial charge in [0, 0.05) is 13.1 Å². The second kappa shape index (κ2) is 7.02. The fourth-order valence-electron chi connectivity index (χ4n) is 3.13. The van der Waals surface area contributed by atoms with Gasteiger partial charge in [0.05, 0.1) is 22.2 Å². The average Bonchev–Trinajstić information content (AvgIpc) is 3.14. The minimum atomic E-state index is -3.75. The maximum Gasteiger partial charge on any atom is 0.243 e. The molecule has 1 saturated heterocycles. The first-order valence-corrected chi connectivity index (χ1v) is 11.2. The number of hydrogen-bond donors (Lipinski definition) is 0. The summed E-state index contributed by atoms with van der Waals surface area (Å²) in [4.78, 5) is 0.373. The first kappa shape index (κ1) is 18.9. The van der Waals surface area contributed by atoms with E-state index in [0.717, 1.165) is 0 Å². The van der Waals surface area contributed by atoms with E-state index in [1.165, 1.54) is 17.5 Å². The summed E-state index contributed by atoms with van der Waals surface area (Å²) in [6.07, 6.45) is 0.283. The maximum atomic E-state index is 12.9. The first-order valence-electron chi connectivity index (χ1n) is 8.20. The Morgan fingerprint density at radius 3 is 2.31 bits per heavy atom. The van der Waals surface area contributed by atoms with Gasteiger partial charge in [0.15, 0.2) is 9.84 Å². The predicted octanol–water partition coefficient (Wildman–Crippen LogP) is 2.24. The molecule has 1 fully saturated rings. The average molecular weight is 396 g/mol. The van der Waals surface area contributed by atoms with Crippen LogP contribution in [0.1, 0.15) is 12.0 Å². The largest absolute Gasteiger partial charge is 0.496 e. The highest BCUT2D eigenvalue weighted by molar-refractivity contribution is 7.92. The van der Waals surface area contributed by atoms with Crippen LogP contribution < -0.4 is 4.74 Å². The van der Waals surface area contributed by atoms with Crippen LogP contribution in [0.3, 0.4) is 0 Å².